The summed E-state index contributed by atoms with van der Waals surface area (Å²) in [6.07, 6.45) is 2.44. The van der Waals surface area contributed by atoms with E-state index in [2.05, 4.69) is 31.6 Å². The molecule has 0 saturated carbocycles. The molecule has 3 aliphatic heterocycles. The number of aromatic nitrogens is 1. The van der Waals surface area contributed by atoms with Crippen LogP contribution in [0.2, 0.25) is 0 Å². The first-order valence-corrected chi connectivity index (χ1v) is 16.0. The molecule has 250 valence electrons. The highest BCUT2D eigenvalue weighted by Crippen LogP contribution is 2.32. The molecule has 1 aromatic heterocycles. The van der Waals surface area contributed by atoms with E-state index < -0.39 is 71.6 Å². The van der Waals surface area contributed by atoms with Crippen molar-refractivity contribution in [3.05, 3.63) is 35.5 Å². The van der Waals surface area contributed by atoms with Crippen molar-refractivity contribution < 1.29 is 33.9 Å². The summed E-state index contributed by atoms with van der Waals surface area (Å²) in [6.45, 7) is 11.1. The summed E-state index contributed by atoms with van der Waals surface area (Å²) in [5.74, 6) is -4.92. The Morgan fingerprint density at radius 1 is 0.891 bits per heavy atom. The maximum Gasteiger partial charge on any atom is 0.326 e. The smallest absolute Gasteiger partial charge is 0.326 e. The van der Waals surface area contributed by atoms with Crippen molar-refractivity contribution >= 4 is 46.4 Å². The van der Waals surface area contributed by atoms with E-state index in [0.29, 0.717) is 17.5 Å². The third kappa shape index (κ3) is 7.86. The lowest BCUT2D eigenvalue weighted by Gasteiger charge is -2.33. The summed E-state index contributed by atoms with van der Waals surface area (Å²) in [6, 6.07) is 0.252. The number of carboxylic acid groups (broad SMARTS) is 1. The van der Waals surface area contributed by atoms with Crippen molar-refractivity contribution in [2.45, 2.75) is 103 Å². The molecule has 0 aliphatic carbocycles. The Bertz CT molecular complexity index is 1500. The van der Waals surface area contributed by atoms with Crippen LogP contribution in [0.5, 0.6) is 0 Å². The van der Waals surface area contributed by atoms with Crippen molar-refractivity contribution in [1.29, 1.82) is 0 Å². The third-order valence-corrected chi connectivity index (χ3v) is 8.77. The van der Waals surface area contributed by atoms with Crippen molar-refractivity contribution in [2.24, 2.45) is 17.8 Å². The van der Waals surface area contributed by atoms with E-state index in [9.17, 15) is 33.9 Å². The molecule has 1 fully saturated rings. The highest BCUT2D eigenvalue weighted by Gasteiger charge is 2.39. The average molecular weight is 639 g/mol. The predicted molar refractivity (Wildman–Crippen MR) is 170 cm³/mol. The Morgan fingerprint density at radius 3 is 2.20 bits per heavy atom. The van der Waals surface area contributed by atoms with Crippen LogP contribution in [-0.4, -0.2) is 75.8 Å². The largest absolute Gasteiger partial charge is 0.480 e. The molecule has 1 saturated heterocycles. The van der Waals surface area contributed by atoms with Gasteiger partial charge < -0.3 is 36.7 Å². The lowest BCUT2D eigenvalue weighted by molar-refractivity contribution is -0.142. The van der Waals surface area contributed by atoms with Crippen LogP contribution < -0.4 is 26.6 Å². The van der Waals surface area contributed by atoms with Crippen molar-refractivity contribution in [1.82, 2.24) is 31.6 Å². The van der Waals surface area contributed by atoms with Crippen molar-refractivity contribution in [2.75, 3.05) is 0 Å². The first-order chi connectivity index (χ1) is 21.7. The van der Waals surface area contributed by atoms with Gasteiger partial charge in [0.05, 0.1) is 0 Å². The van der Waals surface area contributed by atoms with E-state index in [1.54, 1.807) is 20.0 Å². The number of nitrogens with one attached hydrogen (secondary N) is 6. The van der Waals surface area contributed by atoms with E-state index in [-0.39, 0.29) is 37.0 Å². The fourth-order valence-electron chi connectivity index (χ4n) is 6.36. The minimum Gasteiger partial charge on any atom is -0.480 e. The first-order valence-electron chi connectivity index (χ1n) is 16.0. The van der Waals surface area contributed by atoms with Gasteiger partial charge in [-0.1, -0.05) is 53.7 Å². The summed E-state index contributed by atoms with van der Waals surface area (Å²) < 4.78 is 0. The molecule has 1 aromatic carbocycles. The van der Waals surface area contributed by atoms with Gasteiger partial charge in [0.1, 0.15) is 30.2 Å². The molecule has 7 N–H and O–H groups in total. The Hall–Kier alpha value is -4.42. The van der Waals surface area contributed by atoms with E-state index in [4.69, 9.17) is 0 Å². The summed E-state index contributed by atoms with van der Waals surface area (Å²) in [5, 5.41) is 24.5. The second-order valence-electron chi connectivity index (χ2n) is 13.6. The van der Waals surface area contributed by atoms with Gasteiger partial charge in [0, 0.05) is 35.9 Å². The quantitative estimate of drug-likeness (QED) is 0.223. The van der Waals surface area contributed by atoms with Gasteiger partial charge in [0.2, 0.25) is 29.5 Å². The number of amides is 5. The molecule has 3 aliphatic rings. The lowest BCUT2D eigenvalue weighted by atomic mass is 9.81. The van der Waals surface area contributed by atoms with E-state index >= 15 is 0 Å². The van der Waals surface area contributed by atoms with Crippen LogP contribution in [0.1, 0.15) is 77.8 Å². The number of aliphatic carboxylic acids is 1. The molecule has 5 rings (SSSR count). The Balaban J connectivity index is 1.84. The van der Waals surface area contributed by atoms with Gasteiger partial charge in [-0.15, -0.1) is 0 Å². The summed E-state index contributed by atoms with van der Waals surface area (Å²) in [5.41, 5.74) is 2.10. The molecule has 0 spiro atoms. The SMILES string of the molecule is CC(C)CC1NC(=O)C(NC(=O)C2CCC(=O)N2)C(C(C)C)c2ccc3c(c[nH]c3c2)CC(C(=O)O)NC(=O)C(C(C)C)NC1=O. The number of hydrogen-bond acceptors (Lipinski definition) is 6. The molecule has 46 heavy (non-hydrogen) atoms. The molecule has 2 aromatic rings. The second-order valence-corrected chi connectivity index (χ2v) is 13.6. The fraction of sp³-hybridized carbons (Fsp3) is 0.576. The normalized spacial score (nSPS) is 26.3. The fourth-order valence-corrected chi connectivity index (χ4v) is 6.36. The molecule has 6 atom stereocenters. The molecule has 6 unspecified atom stereocenters. The topological polar surface area (TPSA) is 199 Å². The Kier molecular flexibility index (Phi) is 10.7. The monoisotopic (exact) mass is 638 g/mol. The standard InChI is InChI=1S/C33H46N6O7/c1-15(2)11-23-30(42)38-27(17(5)6)31(43)37-24(33(45)46)13-19-14-34-22-12-18(7-8-20(19)22)26(16(3)4)28(32(44)36-23)39-29(41)21-9-10-25(40)35-21/h7-8,12,14-17,21,23-24,26-28,34H,9-11,13H2,1-6H3,(H,35,40)(H,36,44)(H,37,43)(H,38,42)(H,39,41)(H,45,46). The number of benzene rings is 1. The minimum atomic E-state index is -1.26. The zero-order chi connectivity index (χ0) is 33.9. The van der Waals surface area contributed by atoms with Crippen LogP contribution in [0.25, 0.3) is 10.9 Å². The van der Waals surface area contributed by atoms with Crippen LogP contribution in [0.15, 0.2) is 24.4 Å². The number of rotatable bonds is 7. The molecule has 4 bridgehead atoms. The molecule has 5 amide bonds. The number of H-pyrrole nitrogens is 1. The Morgan fingerprint density at radius 2 is 1.61 bits per heavy atom. The second kappa shape index (κ2) is 14.3. The summed E-state index contributed by atoms with van der Waals surface area (Å²) in [4.78, 5) is 82.2. The van der Waals surface area contributed by atoms with E-state index in [1.807, 2.05) is 45.9 Å². The molecular formula is C33H46N6O7. The number of hydrogen-bond donors (Lipinski definition) is 7. The average Bonchev–Trinajstić information content (AvgIpc) is 3.59. The number of fused-ring (bicyclic) bond motifs is 12. The van der Waals surface area contributed by atoms with Crippen LogP contribution in [-0.2, 0) is 35.2 Å². The van der Waals surface area contributed by atoms with Gasteiger partial charge in [-0.25, -0.2) is 4.79 Å². The van der Waals surface area contributed by atoms with Gasteiger partial charge >= 0.3 is 5.97 Å². The molecule has 4 heterocycles. The maximum atomic E-state index is 14.2. The van der Waals surface area contributed by atoms with Gasteiger partial charge in [0.15, 0.2) is 0 Å². The van der Waals surface area contributed by atoms with Crippen LogP contribution in [0.4, 0.5) is 0 Å². The number of carbonyl (C=O) groups excluding carboxylic acids is 5. The molecule has 13 heteroatoms. The van der Waals surface area contributed by atoms with Crippen LogP contribution in [0, 0.1) is 17.8 Å². The predicted octanol–water partition coefficient (Wildman–Crippen LogP) is 1.47. The molecule has 13 nitrogen and oxygen atoms in total. The third-order valence-electron chi connectivity index (χ3n) is 8.77. The first kappa shape index (κ1) is 34.5. The molecule has 0 radical (unpaired) electrons. The number of carboxylic acids is 1. The number of aromatic amines is 1. The maximum absolute atomic E-state index is 14.2. The van der Waals surface area contributed by atoms with E-state index in [0.717, 1.165) is 10.9 Å². The van der Waals surface area contributed by atoms with Gasteiger partial charge in [-0.2, -0.15) is 0 Å². The van der Waals surface area contributed by atoms with Crippen LogP contribution in [0.3, 0.4) is 0 Å². The van der Waals surface area contributed by atoms with Crippen molar-refractivity contribution in [3.63, 3.8) is 0 Å². The summed E-state index contributed by atoms with van der Waals surface area (Å²) >= 11 is 0. The molecular weight excluding hydrogens is 592 g/mol. The van der Waals surface area contributed by atoms with Gasteiger partial charge in [0.25, 0.3) is 0 Å². The highest BCUT2D eigenvalue weighted by molar-refractivity contribution is 5.97. The minimum absolute atomic E-state index is 0.00536. The van der Waals surface area contributed by atoms with E-state index in [1.165, 1.54) is 0 Å². The van der Waals surface area contributed by atoms with Gasteiger partial charge in [-0.3, -0.25) is 24.0 Å². The van der Waals surface area contributed by atoms with Crippen LogP contribution >= 0.6 is 0 Å². The zero-order valence-corrected chi connectivity index (χ0v) is 27.2. The zero-order valence-electron chi connectivity index (χ0n) is 27.2. The van der Waals surface area contributed by atoms with Gasteiger partial charge in [-0.05, 0) is 47.8 Å². The number of carbonyl (C=O) groups is 6. The van der Waals surface area contributed by atoms with Crippen molar-refractivity contribution in [3.8, 4) is 0 Å². The highest BCUT2D eigenvalue weighted by atomic mass is 16.4. The summed E-state index contributed by atoms with van der Waals surface area (Å²) in [7, 11) is 0. The lowest BCUT2D eigenvalue weighted by Crippen LogP contribution is -2.60. The Labute approximate surface area is 268 Å².